The lowest BCUT2D eigenvalue weighted by molar-refractivity contribution is 0.266. The van der Waals surface area contributed by atoms with Gasteiger partial charge in [0.1, 0.15) is 12.1 Å². The second kappa shape index (κ2) is 8.24. The summed E-state index contributed by atoms with van der Waals surface area (Å²) in [7, 11) is -3.17. The summed E-state index contributed by atoms with van der Waals surface area (Å²) in [6.45, 7) is 0.923. The van der Waals surface area contributed by atoms with Crippen molar-refractivity contribution in [2.24, 2.45) is 0 Å². The molecule has 0 N–H and O–H groups in total. The van der Waals surface area contributed by atoms with Crippen molar-refractivity contribution in [2.45, 2.75) is 12.5 Å². The Morgan fingerprint density at radius 2 is 1.76 bits per heavy atom. The molecule has 4 aromatic rings. The summed E-state index contributed by atoms with van der Waals surface area (Å²) in [5.74, 6) is -1.93. The fourth-order valence-electron chi connectivity index (χ4n) is 3.97. The molecule has 0 atom stereocenters. The minimum Gasteiger partial charge on any atom is -0.483 e. The fraction of sp³-hybridized carbons (Fsp3) is 0.208. The van der Waals surface area contributed by atoms with Gasteiger partial charge < -0.3 is 4.74 Å². The van der Waals surface area contributed by atoms with Crippen molar-refractivity contribution in [1.82, 2.24) is 14.1 Å². The Morgan fingerprint density at radius 1 is 1.06 bits per heavy atom. The smallest absolute Gasteiger partial charge is 0.211 e. The molecule has 3 aromatic carbocycles. The number of ether oxygens (including phenoxy) is 1. The lowest BCUT2D eigenvalue weighted by atomic mass is 9.93. The van der Waals surface area contributed by atoms with E-state index in [1.807, 2.05) is 42.5 Å². The summed E-state index contributed by atoms with van der Waals surface area (Å²) in [5, 5.41) is 4.57. The first kappa shape index (κ1) is 21.5. The van der Waals surface area contributed by atoms with Crippen LogP contribution in [0.5, 0.6) is 5.75 Å². The average molecular weight is 470 g/mol. The summed E-state index contributed by atoms with van der Waals surface area (Å²) in [5.41, 5.74) is 2.52. The van der Waals surface area contributed by atoms with Crippen LogP contribution in [0.3, 0.4) is 0 Å². The molecule has 0 radical (unpaired) electrons. The quantitative estimate of drug-likeness (QED) is 0.424. The Morgan fingerprint density at radius 3 is 2.42 bits per heavy atom. The number of fused-ring (bicyclic) bond motifs is 1. The minimum atomic E-state index is -3.17. The van der Waals surface area contributed by atoms with E-state index in [9.17, 15) is 12.8 Å². The number of nitrogens with zero attached hydrogens (tertiary/aromatic N) is 3. The van der Waals surface area contributed by atoms with Crippen LogP contribution in [0.2, 0.25) is 0 Å². The number of hydrogen-bond acceptors (Lipinski definition) is 4. The van der Waals surface area contributed by atoms with E-state index in [0.29, 0.717) is 24.2 Å². The highest BCUT2D eigenvalue weighted by atomic mass is 32.2. The number of aromatic nitrogens is 2. The zero-order valence-electron chi connectivity index (χ0n) is 17.8. The molecule has 0 spiro atoms. The first-order chi connectivity index (χ1) is 15.8. The summed E-state index contributed by atoms with van der Waals surface area (Å²) >= 11 is 0. The topological polar surface area (TPSA) is 64.4 Å². The van der Waals surface area contributed by atoms with E-state index < -0.39 is 27.4 Å². The maximum atomic E-state index is 15.3. The zero-order valence-corrected chi connectivity index (χ0v) is 18.6. The van der Waals surface area contributed by atoms with Crippen LogP contribution in [0.25, 0.3) is 16.6 Å². The third kappa shape index (κ3) is 4.09. The van der Waals surface area contributed by atoms with E-state index in [-0.39, 0.29) is 18.0 Å². The first-order valence-corrected chi connectivity index (χ1v) is 12.2. The van der Waals surface area contributed by atoms with Gasteiger partial charge in [0.15, 0.2) is 17.4 Å². The van der Waals surface area contributed by atoms with Crippen LogP contribution >= 0.6 is 0 Å². The molecular weight excluding hydrogens is 448 g/mol. The Kier molecular flexibility index (Phi) is 5.38. The van der Waals surface area contributed by atoms with Gasteiger partial charge in [-0.2, -0.15) is 5.10 Å². The maximum absolute atomic E-state index is 15.3. The maximum Gasteiger partial charge on any atom is 0.211 e. The van der Waals surface area contributed by atoms with E-state index in [1.54, 1.807) is 12.1 Å². The second-order valence-electron chi connectivity index (χ2n) is 8.14. The largest absolute Gasteiger partial charge is 0.483 e. The van der Waals surface area contributed by atoms with Crippen LogP contribution in [0.4, 0.5) is 8.78 Å². The van der Waals surface area contributed by atoms with Crippen LogP contribution in [-0.4, -0.2) is 41.8 Å². The molecule has 1 fully saturated rings. The standard InChI is InChI=1S/C24H21F2N3O3S/c1-33(30,31)28-13-19(14-28)17-7-9-20(10-8-17)29-23-18(12-27-29)11-21(25)24(22(23)26)32-15-16-5-3-2-4-6-16/h2-12,19H,13-15H2,1H3. The number of hydrogen-bond donors (Lipinski definition) is 0. The van der Waals surface area contributed by atoms with Gasteiger partial charge in [0.2, 0.25) is 10.0 Å². The van der Waals surface area contributed by atoms with Gasteiger partial charge in [-0.05, 0) is 29.3 Å². The Balaban J connectivity index is 1.42. The molecule has 9 heteroatoms. The lowest BCUT2D eigenvalue weighted by Gasteiger charge is -2.37. The molecule has 33 heavy (non-hydrogen) atoms. The molecule has 0 amide bonds. The van der Waals surface area contributed by atoms with Crippen LogP contribution in [0, 0.1) is 11.6 Å². The van der Waals surface area contributed by atoms with Crippen LogP contribution < -0.4 is 4.74 Å². The predicted octanol–water partition coefficient (Wildman–Crippen LogP) is 4.24. The van der Waals surface area contributed by atoms with Gasteiger partial charge in [-0.3, -0.25) is 0 Å². The van der Waals surface area contributed by atoms with E-state index in [4.69, 9.17) is 4.74 Å². The fourth-order valence-corrected chi connectivity index (χ4v) is 4.87. The van der Waals surface area contributed by atoms with Gasteiger partial charge in [-0.1, -0.05) is 42.5 Å². The number of sulfonamides is 1. The average Bonchev–Trinajstić information content (AvgIpc) is 3.17. The van der Waals surface area contributed by atoms with Crippen molar-refractivity contribution in [3.8, 4) is 11.4 Å². The van der Waals surface area contributed by atoms with Crippen LogP contribution in [0.1, 0.15) is 17.0 Å². The lowest BCUT2D eigenvalue weighted by Crippen LogP contribution is -2.47. The molecule has 6 nitrogen and oxygen atoms in total. The first-order valence-electron chi connectivity index (χ1n) is 10.4. The van der Waals surface area contributed by atoms with E-state index in [1.165, 1.54) is 27.5 Å². The SMILES string of the molecule is CS(=O)(=O)N1CC(c2ccc(-n3ncc4cc(F)c(OCc5ccccc5)c(F)c43)cc2)C1. The third-order valence-electron chi connectivity index (χ3n) is 5.86. The van der Waals surface area contributed by atoms with Gasteiger partial charge in [-0.25, -0.2) is 26.2 Å². The minimum absolute atomic E-state index is 0.0366. The molecule has 0 bridgehead atoms. The van der Waals surface area contributed by atoms with Gasteiger partial charge in [0, 0.05) is 24.4 Å². The third-order valence-corrected chi connectivity index (χ3v) is 7.09. The molecule has 0 saturated carbocycles. The number of halogens is 2. The van der Waals surface area contributed by atoms with Crippen molar-refractivity contribution in [1.29, 1.82) is 0 Å². The molecule has 1 aliphatic heterocycles. The Bertz CT molecular complexity index is 1420. The molecule has 1 aliphatic rings. The predicted molar refractivity (Wildman–Crippen MR) is 121 cm³/mol. The molecule has 1 saturated heterocycles. The van der Waals surface area contributed by atoms with Gasteiger partial charge in [0.05, 0.1) is 18.1 Å². The van der Waals surface area contributed by atoms with Gasteiger partial charge in [0.25, 0.3) is 0 Å². The molecule has 170 valence electrons. The van der Waals surface area contributed by atoms with Crippen LogP contribution in [0.15, 0.2) is 66.9 Å². The van der Waals surface area contributed by atoms with E-state index in [2.05, 4.69) is 5.10 Å². The monoisotopic (exact) mass is 469 g/mol. The van der Waals surface area contributed by atoms with Crippen molar-refractivity contribution < 1.29 is 21.9 Å². The highest BCUT2D eigenvalue weighted by Gasteiger charge is 2.34. The van der Waals surface area contributed by atoms with Crippen molar-refractivity contribution >= 4 is 20.9 Å². The highest BCUT2D eigenvalue weighted by molar-refractivity contribution is 7.88. The summed E-state index contributed by atoms with van der Waals surface area (Å²) in [6, 6.07) is 17.7. The number of rotatable bonds is 6. The summed E-state index contributed by atoms with van der Waals surface area (Å²) in [6.07, 6.45) is 2.61. The van der Waals surface area contributed by atoms with Crippen molar-refractivity contribution in [3.05, 3.63) is 89.6 Å². The molecule has 5 rings (SSSR count). The Hall–Kier alpha value is -3.30. The molecule has 1 aromatic heterocycles. The Labute approximate surface area is 190 Å². The summed E-state index contributed by atoms with van der Waals surface area (Å²) < 4.78 is 61.4. The zero-order chi connectivity index (χ0) is 23.2. The summed E-state index contributed by atoms with van der Waals surface area (Å²) in [4.78, 5) is 0. The van der Waals surface area contributed by atoms with Gasteiger partial charge in [-0.15, -0.1) is 0 Å². The van der Waals surface area contributed by atoms with E-state index in [0.717, 1.165) is 11.1 Å². The molecule has 0 aliphatic carbocycles. The van der Waals surface area contributed by atoms with Crippen molar-refractivity contribution in [2.75, 3.05) is 19.3 Å². The normalized spacial score (nSPS) is 15.0. The molecule has 0 unspecified atom stereocenters. The van der Waals surface area contributed by atoms with Crippen LogP contribution in [-0.2, 0) is 16.6 Å². The highest BCUT2D eigenvalue weighted by Crippen LogP contribution is 2.33. The molecule has 2 heterocycles. The van der Waals surface area contributed by atoms with E-state index >= 15 is 4.39 Å². The van der Waals surface area contributed by atoms with Crippen molar-refractivity contribution in [3.63, 3.8) is 0 Å². The second-order valence-corrected chi connectivity index (χ2v) is 10.1. The molecular formula is C24H21F2N3O3S. The number of benzene rings is 3. The van der Waals surface area contributed by atoms with Gasteiger partial charge >= 0.3 is 0 Å².